The van der Waals surface area contributed by atoms with Crippen LogP contribution in [0.25, 0.3) is 11.1 Å². The van der Waals surface area contributed by atoms with Crippen molar-refractivity contribution in [1.82, 2.24) is 20.1 Å². The first-order valence-electron chi connectivity index (χ1n) is 11.1. The van der Waals surface area contributed by atoms with E-state index >= 15 is 0 Å². The lowest BCUT2D eigenvalue weighted by Crippen LogP contribution is -2.43. The van der Waals surface area contributed by atoms with Gasteiger partial charge in [0.2, 0.25) is 0 Å². The maximum atomic E-state index is 13.4. The molecule has 174 valence electrons. The molecule has 1 N–H and O–H groups in total. The Morgan fingerprint density at radius 1 is 1.15 bits per heavy atom. The van der Waals surface area contributed by atoms with Crippen molar-refractivity contribution in [2.75, 3.05) is 39.8 Å². The van der Waals surface area contributed by atoms with E-state index in [4.69, 9.17) is 4.74 Å². The van der Waals surface area contributed by atoms with Crippen LogP contribution in [0.1, 0.15) is 23.5 Å². The van der Waals surface area contributed by atoms with Crippen LogP contribution in [-0.2, 0) is 11.3 Å². The smallest absolute Gasteiger partial charge is 0.258 e. The normalized spacial score (nSPS) is 15.8. The zero-order chi connectivity index (χ0) is 23.2. The lowest BCUT2D eigenvalue weighted by molar-refractivity contribution is -0.123. The molecule has 1 aliphatic heterocycles. The number of nitrogens with zero attached hydrogens (tertiary/aromatic N) is 3. The number of nitrogens with one attached hydrogen (secondary N) is 1. The van der Waals surface area contributed by atoms with Gasteiger partial charge in [-0.15, -0.1) is 11.3 Å². The Hall–Kier alpha value is -2.81. The Morgan fingerprint density at radius 2 is 1.88 bits per heavy atom. The van der Waals surface area contributed by atoms with Gasteiger partial charge in [0.1, 0.15) is 16.6 Å². The van der Waals surface area contributed by atoms with Crippen LogP contribution in [0.2, 0.25) is 0 Å². The number of amides is 1. The molecule has 3 aromatic rings. The summed E-state index contributed by atoms with van der Waals surface area (Å²) >= 11 is 1.51. The summed E-state index contributed by atoms with van der Waals surface area (Å²) < 4.78 is 19.3. The molecule has 6 nitrogen and oxygen atoms in total. The fourth-order valence-electron chi connectivity index (χ4n) is 3.85. The first-order chi connectivity index (χ1) is 16.0. The maximum Gasteiger partial charge on any atom is 0.258 e. The Labute approximate surface area is 198 Å². The van der Waals surface area contributed by atoms with Crippen LogP contribution in [0.5, 0.6) is 5.75 Å². The molecule has 0 radical (unpaired) electrons. The summed E-state index contributed by atoms with van der Waals surface area (Å²) in [4.78, 5) is 21.4. The molecule has 1 aromatic heterocycles. The van der Waals surface area contributed by atoms with Crippen molar-refractivity contribution in [2.24, 2.45) is 0 Å². The number of piperazine rings is 1. The molecule has 0 bridgehead atoms. The SMILES string of the molecule is C[C@H](NC(=O)COc1ccc(-c2ccc(F)cc2)cc1CN1CCN(C)CC1)c1nccs1. The summed E-state index contributed by atoms with van der Waals surface area (Å²) in [5.74, 6) is 0.247. The number of likely N-dealkylation sites (N-methyl/N-ethyl adjacent to an activating group) is 1. The molecule has 2 heterocycles. The number of aromatic nitrogens is 1. The number of thiazole rings is 1. The maximum absolute atomic E-state index is 13.4. The highest BCUT2D eigenvalue weighted by atomic mass is 32.1. The number of rotatable bonds is 8. The Balaban J connectivity index is 1.47. The van der Waals surface area contributed by atoms with E-state index in [0.29, 0.717) is 5.75 Å². The second-order valence-corrected chi connectivity index (χ2v) is 9.28. The summed E-state index contributed by atoms with van der Waals surface area (Å²) in [6.07, 6.45) is 1.73. The van der Waals surface area contributed by atoms with Crippen LogP contribution in [0, 0.1) is 5.82 Å². The van der Waals surface area contributed by atoms with E-state index in [2.05, 4.69) is 33.2 Å². The molecular weight excluding hydrogens is 439 g/mol. The summed E-state index contributed by atoms with van der Waals surface area (Å²) in [5.41, 5.74) is 2.95. The highest BCUT2D eigenvalue weighted by Crippen LogP contribution is 2.28. The first kappa shape index (κ1) is 23.4. The van der Waals surface area contributed by atoms with E-state index in [9.17, 15) is 9.18 Å². The van der Waals surface area contributed by atoms with E-state index in [1.165, 1.54) is 23.5 Å². The third-order valence-corrected chi connectivity index (χ3v) is 6.74. The van der Waals surface area contributed by atoms with E-state index in [-0.39, 0.29) is 24.4 Å². The van der Waals surface area contributed by atoms with Gasteiger partial charge in [-0.1, -0.05) is 18.2 Å². The van der Waals surface area contributed by atoms with Crippen LogP contribution < -0.4 is 10.1 Å². The number of halogens is 1. The quantitative estimate of drug-likeness (QED) is 0.543. The van der Waals surface area contributed by atoms with Gasteiger partial charge in [0, 0.05) is 49.9 Å². The zero-order valence-electron chi connectivity index (χ0n) is 19.0. The minimum Gasteiger partial charge on any atom is -0.483 e. The molecule has 0 unspecified atom stereocenters. The number of carbonyl (C=O) groups is 1. The van der Waals surface area contributed by atoms with Crippen molar-refractivity contribution >= 4 is 17.2 Å². The van der Waals surface area contributed by atoms with Crippen LogP contribution >= 0.6 is 11.3 Å². The minimum absolute atomic E-state index is 0.0681. The van der Waals surface area contributed by atoms with Gasteiger partial charge in [0.15, 0.2) is 6.61 Å². The summed E-state index contributed by atoms with van der Waals surface area (Å²) in [5, 5.41) is 5.69. The molecule has 0 spiro atoms. The van der Waals surface area contributed by atoms with Crippen molar-refractivity contribution in [2.45, 2.75) is 19.5 Å². The molecule has 4 rings (SSSR count). The number of hydrogen-bond acceptors (Lipinski definition) is 6. The summed E-state index contributed by atoms with van der Waals surface area (Å²) in [6.45, 7) is 6.56. The van der Waals surface area contributed by atoms with Gasteiger partial charge >= 0.3 is 0 Å². The van der Waals surface area contributed by atoms with E-state index in [1.807, 2.05) is 24.4 Å². The highest BCUT2D eigenvalue weighted by Gasteiger charge is 2.18. The number of hydrogen-bond donors (Lipinski definition) is 1. The molecule has 1 amide bonds. The summed E-state index contributed by atoms with van der Waals surface area (Å²) in [7, 11) is 2.13. The van der Waals surface area contributed by atoms with Crippen molar-refractivity contribution in [3.8, 4) is 16.9 Å². The molecule has 2 aromatic carbocycles. The summed E-state index contributed by atoms with van der Waals surface area (Å²) in [6, 6.07) is 12.3. The zero-order valence-corrected chi connectivity index (χ0v) is 19.8. The van der Waals surface area contributed by atoms with Gasteiger partial charge in [0.05, 0.1) is 6.04 Å². The van der Waals surface area contributed by atoms with Gasteiger partial charge in [-0.2, -0.15) is 0 Å². The molecule has 8 heteroatoms. The first-order valence-corrected chi connectivity index (χ1v) is 12.0. The molecule has 0 saturated carbocycles. The van der Waals surface area contributed by atoms with Crippen LogP contribution in [0.3, 0.4) is 0 Å². The largest absolute Gasteiger partial charge is 0.483 e. The van der Waals surface area contributed by atoms with Gasteiger partial charge in [0.25, 0.3) is 5.91 Å². The number of ether oxygens (including phenoxy) is 1. The van der Waals surface area contributed by atoms with Gasteiger partial charge in [-0.3, -0.25) is 9.69 Å². The fraction of sp³-hybridized carbons (Fsp3) is 0.360. The molecular formula is C25H29FN4O2S. The Bertz CT molecular complexity index is 1050. The van der Waals surface area contributed by atoms with Crippen LogP contribution in [-0.4, -0.2) is 60.5 Å². The van der Waals surface area contributed by atoms with Crippen molar-refractivity contribution < 1.29 is 13.9 Å². The van der Waals surface area contributed by atoms with Crippen molar-refractivity contribution in [3.63, 3.8) is 0 Å². The molecule has 0 aliphatic carbocycles. The highest BCUT2D eigenvalue weighted by molar-refractivity contribution is 7.09. The average Bonchev–Trinajstić information content (AvgIpc) is 3.35. The molecule has 1 saturated heterocycles. The molecule has 1 aliphatic rings. The molecule has 1 fully saturated rings. The standard InChI is InChI=1S/C25H29FN4O2S/c1-18(25-27-9-14-33-25)28-24(31)17-32-23-8-5-20(19-3-6-22(26)7-4-19)15-21(23)16-30-12-10-29(2)11-13-30/h3-9,14-15,18H,10-13,16-17H2,1-2H3,(H,28,31)/t18-/m0/s1. The Kier molecular flexibility index (Phi) is 7.69. The van der Waals surface area contributed by atoms with E-state index < -0.39 is 0 Å². The average molecular weight is 469 g/mol. The third kappa shape index (κ3) is 6.37. The fourth-order valence-corrected chi connectivity index (χ4v) is 4.50. The molecule has 33 heavy (non-hydrogen) atoms. The predicted octanol–water partition coefficient (Wildman–Crippen LogP) is 3.95. The lowest BCUT2D eigenvalue weighted by Gasteiger charge is -2.32. The van der Waals surface area contributed by atoms with Crippen molar-refractivity contribution in [1.29, 1.82) is 0 Å². The second-order valence-electron chi connectivity index (χ2n) is 8.36. The second kappa shape index (κ2) is 10.9. The number of benzene rings is 2. The van der Waals surface area contributed by atoms with Crippen molar-refractivity contribution in [3.05, 3.63) is 70.4 Å². The lowest BCUT2D eigenvalue weighted by atomic mass is 10.0. The number of carbonyl (C=O) groups excluding carboxylic acids is 1. The van der Waals surface area contributed by atoms with Gasteiger partial charge in [-0.05, 0) is 49.4 Å². The van der Waals surface area contributed by atoms with Gasteiger partial charge in [-0.25, -0.2) is 9.37 Å². The molecule has 1 atom stereocenters. The topological polar surface area (TPSA) is 57.7 Å². The third-order valence-electron chi connectivity index (χ3n) is 5.79. The Morgan fingerprint density at radius 3 is 2.58 bits per heavy atom. The monoisotopic (exact) mass is 468 g/mol. The van der Waals surface area contributed by atoms with Gasteiger partial charge < -0.3 is 15.0 Å². The van der Waals surface area contributed by atoms with Crippen LogP contribution in [0.15, 0.2) is 54.0 Å². The van der Waals surface area contributed by atoms with E-state index in [0.717, 1.165) is 54.4 Å². The van der Waals surface area contributed by atoms with E-state index in [1.54, 1.807) is 18.3 Å². The predicted molar refractivity (Wildman–Crippen MR) is 129 cm³/mol. The minimum atomic E-state index is -0.255. The van der Waals surface area contributed by atoms with Crippen LogP contribution in [0.4, 0.5) is 4.39 Å².